The zero-order valence-electron chi connectivity index (χ0n) is 19.3. The fourth-order valence-corrected chi connectivity index (χ4v) is 3.96. The Morgan fingerprint density at radius 1 is 1.15 bits per heavy atom. The maximum atomic E-state index is 12.7. The Kier molecular flexibility index (Phi) is 9.57. The molecule has 2 N–H and O–H groups in total. The van der Waals surface area contributed by atoms with Gasteiger partial charge in [-0.1, -0.05) is 30.3 Å². The number of carboxylic acid groups (broad SMARTS) is 1. The van der Waals surface area contributed by atoms with E-state index in [1.54, 1.807) is 0 Å². The number of fused-ring (bicyclic) bond motifs is 1. The Balaban J connectivity index is 1.89. The quantitative estimate of drug-likeness (QED) is 0.662. The van der Waals surface area contributed by atoms with Crippen molar-refractivity contribution in [3.05, 3.63) is 59.2 Å². The van der Waals surface area contributed by atoms with Crippen molar-refractivity contribution >= 4 is 11.9 Å². The van der Waals surface area contributed by atoms with Gasteiger partial charge in [-0.2, -0.15) is 0 Å². The lowest BCUT2D eigenvalue weighted by atomic mass is 10.0. The maximum Gasteiger partial charge on any atom is 0.303 e. The van der Waals surface area contributed by atoms with Gasteiger partial charge in [0.05, 0.1) is 19.8 Å². The zero-order valence-corrected chi connectivity index (χ0v) is 19.3. The predicted octanol–water partition coefficient (Wildman–Crippen LogP) is 3.78. The third-order valence-corrected chi connectivity index (χ3v) is 5.58. The van der Waals surface area contributed by atoms with Gasteiger partial charge >= 0.3 is 5.97 Å². The number of amides is 1. The van der Waals surface area contributed by atoms with Crippen LogP contribution >= 0.6 is 0 Å². The van der Waals surface area contributed by atoms with Crippen molar-refractivity contribution in [3.8, 4) is 11.5 Å². The first kappa shape index (κ1) is 24.6. The average Bonchev–Trinajstić information content (AvgIpc) is 2.80. The molecule has 3 rings (SSSR count). The highest BCUT2D eigenvalue weighted by atomic mass is 16.5. The zero-order chi connectivity index (χ0) is 23.5. The molecule has 0 fully saturated rings. The Morgan fingerprint density at radius 3 is 2.82 bits per heavy atom. The Hall–Kier alpha value is -3.06. The maximum absolute atomic E-state index is 12.7. The summed E-state index contributed by atoms with van der Waals surface area (Å²) in [6.45, 7) is 5.10. The smallest absolute Gasteiger partial charge is 0.303 e. The third-order valence-electron chi connectivity index (χ3n) is 5.58. The number of carboxylic acids is 1. The number of rotatable bonds is 7. The minimum absolute atomic E-state index is 0.00682. The molecule has 0 saturated carbocycles. The van der Waals surface area contributed by atoms with Crippen LogP contribution in [0.2, 0.25) is 0 Å². The van der Waals surface area contributed by atoms with Crippen molar-refractivity contribution in [2.24, 2.45) is 0 Å². The van der Waals surface area contributed by atoms with Gasteiger partial charge in [-0.3, -0.25) is 14.5 Å². The lowest BCUT2D eigenvalue weighted by molar-refractivity contribution is -0.137. The lowest BCUT2D eigenvalue weighted by Crippen LogP contribution is -2.37. The van der Waals surface area contributed by atoms with E-state index < -0.39 is 5.97 Å². The van der Waals surface area contributed by atoms with Gasteiger partial charge in [-0.05, 0) is 50.3 Å². The molecule has 33 heavy (non-hydrogen) atoms. The molecule has 0 bridgehead atoms. The summed E-state index contributed by atoms with van der Waals surface area (Å²) in [6, 6.07) is 13.8. The van der Waals surface area contributed by atoms with E-state index in [1.807, 2.05) is 49.4 Å². The molecule has 1 aliphatic rings. The number of carbonyl (C=O) groups excluding carboxylic acids is 1. The lowest BCUT2D eigenvalue weighted by Gasteiger charge is -2.24. The molecule has 1 aliphatic heterocycles. The number of benzene rings is 2. The number of nitrogens with one attached hydrogen (secondary N) is 1. The molecule has 0 radical (unpaired) electrons. The summed E-state index contributed by atoms with van der Waals surface area (Å²) in [5.74, 6) is 0.778. The van der Waals surface area contributed by atoms with Crippen LogP contribution in [0.15, 0.2) is 42.5 Å². The van der Waals surface area contributed by atoms with Crippen molar-refractivity contribution in [2.45, 2.75) is 52.1 Å². The SMILES string of the molecule is CCOc1ccccc1CN1CC(=O)NCCCCCOc2ccc(CCC(=O)O)cc2C1. The second-order valence-corrected chi connectivity index (χ2v) is 8.28. The molecule has 1 heterocycles. The van der Waals surface area contributed by atoms with Crippen LogP contribution in [-0.4, -0.2) is 48.2 Å². The van der Waals surface area contributed by atoms with Crippen LogP contribution in [0.4, 0.5) is 0 Å². The van der Waals surface area contributed by atoms with Crippen molar-refractivity contribution in [1.29, 1.82) is 0 Å². The number of hydrogen-bond donors (Lipinski definition) is 2. The number of aliphatic carboxylic acids is 1. The summed E-state index contributed by atoms with van der Waals surface area (Å²) in [5, 5.41) is 12.1. The molecule has 0 aromatic heterocycles. The highest BCUT2D eigenvalue weighted by molar-refractivity contribution is 5.78. The topological polar surface area (TPSA) is 88.1 Å². The van der Waals surface area contributed by atoms with Gasteiger partial charge in [0.2, 0.25) is 5.91 Å². The summed E-state index contributed by atoms with van der Waals surface area (Å²) < 4.78 is 11.9. The average molecular weight is 455 g/mol. The van der Waals surface area contributed by atoms with Crippen molar-refractivity contribution in [1.82, 2.24) is 10.2 Å². The van der Waals surface area contributed by atoms with Gasteiger partial charge in [0.15, 0.2) is 0 Å². The summed E-state index contributed by atoms with van der Waals surface area (Å²) >= 11 is 0. The monoisotopic (exact) mass is 454 g/mol. The molecule has 2 aromatic rings. The van der Waals surface area contributed by atoms with Gasteiger partial charge in [0, 0.05) is 37.2 Å². The minimum atomic E-state index is -0.818. The van der Waals surface area contributed by atoms with Crippen LogP contribution in [0.5, 0.6) is 11.5 Å². The first-order valence-corrected chi connectivity index (χ1v) is 11.7. The Bertz CT molecular complexity index is 931. The van der Waals surface area contributed by atoms with Crippen LogP contribution in [0, 0.1) is 0 Å². The second kappa shape index (κ2) is 12.8. The van der Waals surface area contributed by atoms with Gasteiger partial charge in [0.25, 0.3) is 0 Å². The van der Waals surface area contributed by atoms with Gasteiger partial charge in [-0.15, -0.1) is 0 Å². The molecule has 2 aromatic carbocycles. The molecule has 0 spiro atoms. The predicted molar refractivity (Wildman–Crippen MR) is 126 cm³/mol. The second-order valence-electron chi connectivity index (χ2n) is 8.28. The highest BCUT2D eigenvalue weighted by Crippen LogP contribution is 2.26. The van der Waals surface area contributed by atoms with E-state index in [0.717, 1.165) is 47.5 Å². The number of carbonyl (C=O) groups is 2. The number of nitrogens with zero attached hydrogens (tertiary/aromatic N) is 1. The number of hydrogen-bond acceptors (Lipinski definition) is 5. The molecule has 1 amide bonds. The number of para-hydroxylation sites is 1. The normalized spacial score (nSPS) is 15.7. The summed E-state index contributed by atoms with van der Waals surface area (Å²) in [5.41, 5.74) is 2.92. The van der Waals surface area contributed by atoms with E-state index in [2.05, 4.69) is 10.2 Å². The standard InChI is InChI=1S/C26H34N2O5/c1-2-32-23-9-5-4-8-21(23)17-28-18-22-16-20(11-13-26(30)31)10-12-24(22)33-15-7-3-6-14-27-25(29)19-28/h4-5,8-10,12,16H,2-3,6-7,11,13-15,17-19H2,1H3,(H,27,29)(H,30,31). The van der Waals surface area contributed by atoms with Crippen molar-refractivity contribution in [2.75, 3.05) is 26.3 Å². The summed E-state index contributed by atoms with van der Waals surface area (Å²) in [4.78, 5) is 25.8. The molecule has 0 saturated heterocycles. The van der Waals surface area contributed by atoms with Crippen molar-refractivity contribution in [3.63, 3.8) is 0 Å². The van der Waals surface area contributed by atoms with E-state index in [-0.39, 0.29) is 18.9 Å². The van der Waals surface area contributed by atoms with Gasteiger partial charge < -0.3 is 19.9 Å². The van der Waals surface area contributed by atoms with Crippen LogP contribution < -0.4 is 14.8 Å². The molecule has 0 unspecified atom stereocenters. The highest BCUT2D eigenvalue weighted by Gasteiger charge is 2.18. The van der Waals surface area contributed by atoms with E-state index in [9.17, 15) is 9.59 Å². The van der Waals surface area contributed by atoms with Crippen LogP contribution in [-0.2, 0) is 29.1 Å². The minimum Gasteiger partial charge on any atom is -0.494 e. The van der Waals surface area contributed by atoms with E-state index in [1.165, 1.54) is 0 Å². The van der Waals surface area contributed by atoms with E-state index in [4.69, 9.17) is 14.6 Å². The molecular weight excluding hydrogens is 420 g/mol. The number of aryl methyl sites for hydroxylation is 1. The van der Waals surface area contributed by atoms with Crippen molar-refractivity contribution < 1.29 is 24.2 Å². The summed E-state index contributed by atoms with van der Waals surface area (Å²) in [6.07, 6.45) is 3.35. The fraction of sp³-hybridized carbons (Fsp3) is 0.462. The van der Waals surface area contributed by atoms with Crippen LogP contribution in [0.25, 0.3) is 0 Å². The van der Waals surface area contributed by atoms with Gasteiger partial charge in [-0.25, -0.2) is 0 Å². The third kappa shape index (κ3) is 8.09. The molecule has 0 atom stereocenters. The summed E-state index contributed by atoms with van der Waals surface area (Å²) in [7, 11) is 0. The first-order chi connectivity index (χ1) is 16.0. The van der Waals surface area contributed by atoms with E-state index >= 15 is 0 Å². The first-order valence-electron chi connectivity index (χ1n) is 11.7. The molecule has 7 nitrogen and oxygen atoms in total. The Morgan fingerprint density at radius 2 is 2.00 bits per heavy atom. The molecule has 178 valence electrons. The van der Waals surface area contributed by atoms with Crippen LogP contribution in [0.3, 0.4) is 0 Å². The molecular formula is C26H34N2O5. The largest absolute Gasteiger partial charge is 0.494 e. The fourth-order valence-electron chi connectivity index (χ4n) is 3.96. The Labute approximate surface area is 195 Å². The number of ether oxygens (including phenoxy) is 2. The van der Waals surface area contributed by atoms with Crippen LogP contribution in [0.1, 0.15) is 49.3 Å². The molecule has 7 heteroatoms. The van der Waals surface area contributed by atoms with E-state index in [0.29, 0.717) is 39.3 Å². The van der Waals surface area contributed by atoms with Gasteiger partial charge in [0.1, 0.15) is 11.5 Å². The molecule has 0 aliphatic carbocycles.